The number of carboxylic acids is 1. The van der Waals surface area contributed by atoms with Gasteiger partial charge in [-0.25, -0.2) is 17.9 Å². The Hall–Kier alpha value is -1.60. The van der Waals surface area contributed by atoms with Crippen molar-refractivity contribution in [1.82, 2.24) is 4.72 Å². The van der Waals surface area contributed by atoms with Gasteiger partial charge in [0.15, 0.2) is 0 Å². The number of aromatic carboxylic acids is 1. The summed E-state index contributed by atoms with van der Waals surface area (Å²) in [7, 11) is -3.81. The molecule has 0 radical (unpaired) electrons. The third kappa shape index (κ3) is 3.49. The number of phenols is 1. The summed E-state index contributed by atoms with van der Waals surface area (Å²) >= 11 is 0. The van der Waals surface area contributed by atoms with E-state index in [2.05, 4.69) is 4.72 Å². The lowest BCUT2D eigenvalue weighted by Crippen LogP contribution is -2.34. The summed E-state index contributed by atoms with van der Waals surface area (Å²) < 4.78 is 27.1. The minimum absolute atomic E-state index is 0.125. The van der Waals surface area contributed by atoms with Crippen molar-refractivity contribution >= 4 is 16.0 Å². The highest BCUT2D eigenvalue weighted by Crippen LogP contribution is 2.25. The van der Waals surface area contributed by atoms with Crippen LogP contribution in [0.5, 0.6) is 5.75 Å². The molecule has 0 fully saturated rings. The first-order valence-electron chi connectivity index (χ1n) is 6.32. The van der Waals surface area contributed by atoms with E-state index in [0.717, 1.165) is 12.1 Å². The van der Waals surface area contributed by atoms with E-state index in [1.807, 2.05) is 13.8 Å². The summed E-state index contributed by atoms with van der Waals surface area (Å²) in [5.74, 6) is -1.82. The average Bonchev–Trinajstić information content (AvgIpc) is 2.35. The van der Waals surface area contributed by atoms with Crippen LogP contribution in [-0.4, -0.2) is 30.6 Å². The molecule has 0 heterocycles. The van der Waals surface area contributed by atoms with Gasteiger partial charge in [-0.15, -0.1) is 0 Å². The van der Waals surface area contributed by atoms with Gasteiger partial charge in [0.1, 0.15) is 11.3 Å². The van der Waals surface area contributed by atoms with Gasteiger partial charge in [0.25, 0.3) is 0 Å². The van der Waals surface area contributed by atoms with Crippen molar-refractivity contribution in [2.45, 2.75) is 44.6 Å². The molecular formula is C13H19NO5S. The molecular weight excluding hydrogens is 282 g/mol. The summed E-state index contributed by atoms with van der Waals surface area (Å²) in [5.41, 5.74) is -0.133. The molecule has 7 heteroatoms. The van der Waals surface area contributed by atoms with Gasteiger partial charge in [0, 0.05) is 6.04 Å². The fourth-order valence-electron chi connectivity index (χ4n) is 1.87. The van der Waals surface area contributed by atoms with E-state index in [1.165, 1.54) is 6.92 Å². The van der Waals surface area contributed by atoms with Crippen molar-refractivity contribution in [3.8, 4) is 5.75 Å². The predicted molar refractivity (Wildman–Crippen MR) is 74.5 cm³/mol. The fourth-order valence-corrected chi connectivity index (χ4v) is 3.53. The Labute approximate surface area is 118 Å². The molecule has 112 valence electrons. The lowest BCUT2D eigenvalue weighted by atomic mass is 10.1. The Bertz CT molecular complexity index is 605. The molecule has 0 bridgehead atoms. The summed E-state index contributed by atoms with van der Waals surface area (Å²) in [6, 6.07) is 1.92. The van der Waals surface area contributed by atoms with Crippen LogP contribution in [-0.2, 0) is 10.0 Å². The van der Waals surface area contributed by atoms with Gasteiger partial charge in [-0.2, -0.15) is 0 Å². The molecule has 0 aliphatic carbocycles. The van der Waals surface area contributed by atoms with Crippen molar-refractivity contribution in [2.75, 3.05) is 0 Å². The van der Waals surface area contributed by atoms with Gasteiger partial charge in [0.05, 0.1) is 4.90 Å². The Kier molecular flexibility index (Phi) is 5.13. The second-order valence-corrected chi connectivity index (χ2v) is 6.26. The lowest BCUT2D eigenvalue weighted by Gasteiger charge is -2.17. The van der Waals surface area contributed by atoms with Crippen LogP contribution in [0, 0.1) is 6.92 Å². The van der Waals surface area contributed by atoms with Crippen LogP contribution >= 0.6 is 0 Å². The first-order chi connectivity index (χ1) is 9.22. The molecule has 0 saturated carbocycles. The predicted octanol–water partition coefficient (Wildman–Crippen LogP) is 1.87. The lowest BCUT2D eigenvalue weighted by molar-refractivity contribution is 0.0693. The number of aromatic hydroxyl groups is 1. The SMILES string of the molecule is CCC(CC)NS(=O)(=O)c1cc(C(=O)O)c(O)cc1C. The minimum Gasteiger partial charge on any atom is -0.507 e. The van der Waals surface area contributed by atoms with E-state index in [1.54, 1.807) is 0 Å². The largest absolute Gasteiger partial charge is 0.507 e. The Morgan fingerprint density at radius 2 is 1.85 bits per heavy atom. The number of benzene rings is 1. The van der Waals surface area contributed by atoms with Gasteiger partial charge in [-0.05, 0) is 37.5 Å². The standard InChI is InChI=1S/C13H19NO5S/c1-4-9(5-2)14-20(18,19)12-7-10(13(16)17)11(15)6-8(12)3/h6-7,9,14-15H,4-5H2,1-3H3,(H,16,17). The number of hydrogen-bond donors (Lipinski definition) is 3. The monoisotopic (exact) mass is 301 g/mol. The summed E-state index contributed by atoms with van der Waals surface area (Å²) in [4.78, 5) is 10.8. The quantitative estimate of drug-likeness (QED) is 0.744. The van der Waals surface area contributed by atoms with Crippen LogP contribution in [0.2, 0.25) is 0 Å². The maximum atomic E-state index is 12.3. The molecule has 0 atom stereocenters. The highest BCUT2D eigenvalue weighted by molar-refractivity contribution is 7.89. The number of carboxylic acid groups (broad SMARTS) is 1. The van der Waals surface area contributed by atoms with Crippen LogP contribution in [0.3, 0.4) is 0 Å². The molecule has 0 aromatic heterocycles. The molecule has 0 amide bonds. The van der Waals surface area contributed by atoms with Gasteiger partial charge >= 0.3 is 5.97 Å². The zero-order chi connectivity index (χ0) is 15.5. The Morgan fingerprint density at radius 1 is 1.30 bits per heavy atom. The molecule has 20 heavy (non-hydrogen) atoms. The zero-order valence-electron chi connectivity index (χ0n) is 11.7. The topological polar surface area (TPSA) is 104 Å². The van der Waals surface area contributed by atoms with Crippen LogP contribution in [0.15, 0.2) is 17.0 Å². The minimum atomic E-state index is -3.81. The van der Waals surface area contributed by atoms with Crippen LogP contribution in [0.1, 0.15) is 42.6 Å². The molecule has 0 aliphatic rings. The first-order valence-corrected chi connectivity index (χ1v) is 7.80. The molecule has 3 N–H and O–H groups in total. The summed E-state index contributed by atoms with van der Waals surface area (Å²) in [5, 5.41) is 18.5. The number of hydrogen-bond acceptors (Lipinski definition) is 4. The zero-order valence-corrected chi connectivity index (χ0v) is 12.5. The van der Waals surface area contributed by atoms with Gasteiger partial charge in [-0.3, -0.25) is 0 Å². The highest BCUT2D eigenvalue weighted by atomic mass is 32.2. The first kappa shape index (κ1) is 16.5. The molecule has 0 unspecified atom stereocenters. The van der Waals surface area contributed by atoms with Crippen molar-refractivity contribution < 1.29 is 23.4 Å². The molecule has 1 rings (SSSR count). The molecule has 0 spiro atoms. The van der Waals surface area contributed by atoms with Crippen molar-refractivity contribution in [3.05, 3.63) is 23.3 Å². The third-order valence-electron chi connectivity index (χ3n) is 3.12. The number of carbonyl (C=O) groups is 1. The number of nitrogens with one attached hydrogen (secondary N) is 1. The molecule has 1 aromatic carbocycles. The Balaban J connectivity index is 3.31. The number of aryl methyl sites for hydroxylation is 1. The molecule has 0 aliphatic heterocycles. The third-order valence-corrected chi connectivity index (χ3v) is 4.78. The highest BCUT2D eigenvalue weighted by Gasteiger charge is 2.23. The van der Waals surface area contributed by atoms with Gasteiger partial charge in [0.2, 0.25) is 10.0 Å². The van der Waals surface area contributed by atoms with E-state index in [-0.39, 0.29) is 10.9 Å². The van der Waals surface area contributed by atoms with Crippen molar-refractivity contribution in [3.63, 3.8) is 0 Å². The van der Waals surface area contributed by atoms with E-state index >= 15 is 0 Å². The number of sulfonamides is 1. The van der Waals surface area contributed by atoms with E-state index in [9.17, 15) is 18.3 Å². The molecule has 1 aromatic rings. The van der Waals surface area contributed by atoms with Crippen LogP contribution < -0.4 is 4.72 Å². The Morgan fingerprint density at radius 3 is 2.30 bits per heavy atom. The molecule has 0 saturated heterocycles. The smallest absolute Gasteiger partial charge is 0.339 e. The van der Waals surface area contributed by atoms with Crippen molar-refractivity contribution in [2.24, 2.45) is 0 Å². The molecule has 6 nitrogen and oxygen atoms in total. The van der Waals surface area contributed by atoms with E-state index < -0.39 is 27.3 Å². The fraction of sp³-hybridized carbons (Fsp3) is 0.462. The maximum Gasteiger partial charge on any atom is 0.339 e. The second kappa shape index (κ2) is 6.23. The summed E-state index contributed by atoms with van der Waals surface area (Å²) in [6.45, 7) is 5.24. The van der Waals surface area contributed by atoms with E-state index in [0.29, 0.717) is 18.4 Å². The van der Waals surface area contributed by atoms with Crippen molar-refractivity contribution in [1.29, 1.82) is 0 Å². The van der Waals surface area contributed by atoms with Crippen LogP contribution in [0.25, 0.3) is 0 Å². The summed E-state index contributed by atoms with van der Waals surface area (Å²) in [6.07, 6.45) is 1.28. The van der Waals surface area contributed by atoms with Gasteiger partial charge < -0.3 is 10.2 Å². The number of rotatable bonds is 6. The maximum absolute atomic E-state index is 12.3. The second-order valence-electron chi connectivity index (χ2n) is 4.57. The normalized spacial score (nSPS) is 11.8. The van der Waals surface area contributed by atoms with Gasteiger partial charge in [-0.1, -0.05) is 13.8 Å². The average molecular weight is 301 g/mol. The van der Waals surface area contributed by atoms with Crippen LogP contribution in [0.4, 0.5) is 0 Å². The van der Waals surface area contributed by atoms with E-state index in [4.69, 9.17) is 5.11 Å².